The summed E-state index contributed by atoms with van der Waals surface area (Å²) in [5, 5.41) is 4.36. The molecule has 0 aliphatic carbocycles. The summed E-state index contributed by atoms with van der Waals surface area (Å²) < 4.78 is 0. The average molecular weight is 291 g/mol. The zero-order valence-electron chi connectivity index (χ0n) is 12.7. The van der Waals surface area contributed by atoms with Gasteiger partial charge < -0.3 is 5.32 Å². The lowest BCUT2D eigenvalue weighted by Gasteiger charge is -2.22. The summed E-state index contributed by atoms with van der Waals surface area (Å²) in [6, 6.07) is 2.49. The van der Waals surface area contributed by atoms with Crippen LogP contribution in [0.3, 0.4) is 0 Å². The minimum Gasteiger partial charge on any atom is -0.303 e. The van der Waals surface area contributed by atoms with E-state index < -0.39 is 0 Å². The zero-order valence-corrected chi connectivity index (χ0v) is 13.5. The van der Waals surface area contributed by atoms with Crippen molar-refractivity contribution in [2.45, 2.75) is 52.6 Å². The van der Waals surface area contributed by atoms with Crippen molar-refractivity contribution >= 4 is 17.7 Å². The number of nitrogens with one attached hydrogen (secondary N) is 1. The van der Waals surface area contributed by atoms with Gasteiger partial charge in [0, 0.05) is 23.3 Å². The predicted molar refractivity (Wildman–Crippen MR) is 87.0 cm³/mol. The molecule has 2 heterocycles. The molecule has 0 saturated carbocycles. The maximum Gasteiger partial charge on any atom is 0.0660 e. The van der Waals surface area contributed by atoms with Crippen LogP contribution in [0.4, 0.5) is 0 Å². The highest BCUT2D eigenvalue weighted by atomic mass is 35.5. The van der Waals surface area contributed by atoms with Gasteiger partial charge >= 0.3 is 0 Å². The zero-order chi connectivity index (χ0) is 14.7. The van der Waals surface area contributed by atoms with Crippen LogP contribution >= 0.6 is 11.6 Å². The second-order valence-electron chi connectivity index (χ2n) is 5.55. The van der Waals surface area contributed by atoms with Gasteiger partial charge in [0.15, 0.2) is 0 Å². The van der Waals surface area contributed by atoms with Crippen molar-refractivity contribution in [2.75, 3.05) is 0 Å². The number of nitrogens with zero attached hydrogens (tertiary/aromatic N) is 1. The molecular weight excluding hydrogens is 268 g/mol. The van der Waals surface area contributed by atoms with Crippen molar-refractivity contribution in [1.29, 1.82) is 0 Å². The number of hydrogen-bond donors (Lipinski definition) is 1. The average Bonchev–Trinajstić information content (AvgIpc) is 2.39. The van der Waals surface area contributed by atoms with Gasteiger partial charge in [-0.25, -0.2) is 0 Å². The molecule has 1 N–H and O–H groups in total. The maximum atomic E-state index is 6.48. The Bertz CT molecular complexity index is 546. The molecule has 0 fully saturated rings. The van der Waals surface area contributed by atoms with E-state index in [2.05, 4.69) is 51.2 Å². The van der Waals surface area contributed by atoms with E-state index in [9.17, 15) is 0 Å². The van der Waals surface area contributed by atoms with Crippen LogP contribution in [0.5, 0.6) is 0 Å². The van der Waals surface area contributed by atoms with E-state index in [0.717, 1.165) is 34.8 Å². The number of pyridine rings is 1. The first-order chi connectivity index (χ1) is 9.51. The van der Waals surface area contributed by atoms with Crippen molar-refractivity contribution in [1.82, 2.24) is 10.3 Å². The monoisotopic (exact) mass is 290 g/mol. The molecule has 2 nitrogen and oxygen atoms in total. The minimum absolute atomic E-state index is 0.177. The van der Waals surface area contributed by atoms with Gasteiger partial charge in [-0.15, -0.1) is 0 Å². The number of allylic oxidation sites excluding steroid dienone is 2. The Morgan fingerprint density at radius 2 is 2.15 bits per heavy atom. The summed E-state index contributed by atoms with van der Waals surface area (Å²) in [6.45, 7) is 8.56. The summed E-state index contributed by atoms with van der Waals surface area (Å²) in [4.78, 5) is 4.80. The summed E-state index contributed by atoms with van der Waals surface area (Å²) in [5.74, 6) is 0. The lowest BCUT2D eigenvalue weighted by Crippen LogP contribution is -2.28. The molecule has 0 bridgehead atoms. The van der Waals surface area contributed by atoms with Gasteiger partial charge in [-0.3, -0.25) is 4.98 Å². The SMILES string of the molecule is CCc1cc(Cl)c2c(n1)[C@@H](C)N[C@H](C)/C=C\C/C(C)=C/2. The van der Waals surface area contributed by atoms with Gasteiger partial charge in [-0.2, -0.15) is 0 Å². The quantitative estimate of drug-likeness (QED) is 0.758. The first-order valence-electron chi connectivity index (χ1n) is 7.30. The molecular formula is C17H23ClN2. The molecule has 1 aliphatic heterocycles. The van der Waals surface area contributed by atoms with Crippen molar-refractivity contribution in [2.24, 2.45) is 0 Å². The Morgan fingerprint density at radius 3 is 2.85 bits per heavy atom. The fourth-order valence-corrected chi connectivity index (χ4v) is 2.82. The first-order valence-corrected chi connectivity index (χ1v) is 7.68. The Balaban J connectivity index is 2.57. The van der Waals surface area contributed by atoms with Crippen LogP contribution in [-0.2, 0) is 6.42 Å². The minimum atomic E-state index is 0.177. The van der Waals surface area contributed by atoms with E-state index in [1.165, 1.54) is 5.57 Å². The van der Waals surface area contributed by atoms with Crippen LogP contribution in [-0.4, -0.2) is 11.0 Å². The Hall–Kier alpha value is -1.12. The molecule has 0 radical (unpaired) electrons. The van der Waals surface area contributed by atoms with Crippen LogP contribution in [0.1, 0.15) is 57.1 Å². The highest BCUT2D eigenvalue weighted by Crippen LogP contribution is 2.28. The van der Waals surface area contributed by atoms with Gasteiger partial charge in [0.25, 0.3) is 0 Å². The fraction of sp³-hybridized carbons (Fsp3) is 0.471. The molecule has 2 rings (SSSR count). The molecule has 0 aromatic carbocycles. The number of fused-ring (bicyclic) bond motifs is 1. The highest BCUT2D eigenvalue weighted by Gasteiger charge is 2.17. The van der Waals surface area contributed by atoms with Gasteiger partial charge in [-0.1, -0.05) is 42.3 Å². The first kappa shape index (κ1) is 15.3. The fourth-order valence-electron chi connectivity index (χ4n) is 2.54. The lowest BCUT2D eigenvalue weighted by atomic mass is 10.0. The van der Waals surface area contributed by atoms with Crippen molar-refractivity contribution in [3.8, 4) is 0 Å². The molecule has 1 aliphatic rings. The Labute approximate surface area is 126 Å². The largest absolute Gasteiger partial charge is 0.303 e. The normalized spacial score (nSPS) is 27.4. The van der Waals surface area contributed by atoms with Crippen LogP contribution in [0.2, 0.25) is 5.02 Å². The van der Waals surface area contributed by atoms with Crippen LogP contribution in [0, 0.1) is 0 Å². The van der Waals surface area contributed by atoms with E-state index in [-0.39, 0.29) is 6.04 Å². The van der Waals surface area contributed by atoms with E-state index in [1.54, 1.807) is 0 Å². The van der Waals surface area contributed by atoms with Gasteiger partial charge in [0.2, 0.25) is 0 Å². The second-order valence-corrected chi connectivity index (χ2v) is 5.96. The summed E-state index contributed by atoms with van der Waals surface area (Å²) >= 11 is 6.48. The van der Waals surface area contributed by atoms with Crippen molar-refractivity contribution in [3.05, 3.63) is 45.8 Å². The Kier molecular flexibility index (Phi) is 5.00. The molecule has 0 amide bonds. The molecule has 108 valence electrons. The lowest BCUT2D eigenvalue weighted by molar-refractivity contribution is 0.523. The highest BCUT2D eigenvalue weighted by molar-refractivity contribution is 6.32. The number of aryl methyl sites for hydroxylation is 1. The molecule has 20 heavy (non-hydrogen) atoms. The molecule has 1 aromatic heterocycles. The van der Waals surface area contributed by atoms with Crippen molar-refractivity contribution in [3.63, 3.8) is 0 Å². The van der Waals surface area contributed by atoms with Gasteiger partial charge in [0.1, 0.15) is 0 Å². The van der Waals surface area contributed by atoms with E-state index in [4.69, 9.17) is 16.6 Å². The number of rotatable bonds is 1. The van der Waals surface area contributed by atoms with Gasteiger partial charge in [0.05, 0.1) is 10.7 Å². The summed E-state index contributed by atoms with van der Waals surface area (Å²) in [6.07, 6.45) is 8.44. The molecule has 1 aromatic rings. The molecule has 0 saturated heterocycles. The third-order valence-electron chi connectivity index (χ3n) is 3.63. The number of aromatic nitrogens is 1. The molecule has 3 heteroatoms. The maximum absolute atomic E-state index is 6.48. The predicted octanol–water partition coefficient (Wildman–Crippen LogP) is 4.70. The van der Waals surface area contributed by atoms with E-state index in [1.807, 2.05) is 6.07 Å². The van der Waals surface area contributed by atoms with Crippen LogP contribution in [0.15, 0.2) is 23.8 Å². The molecule has 0 unspecified atom stereocenters. The standard InChI is InChI=1S/C17H23ClN2/c1-5-14-10-16(18)15-9-11(2)7-6-8-12(3)19-13(4)17(15)20-14/h6,8-10,12-13,19H,5,7H2,1-4H3/b8-6-,11-9+/t12-,13-/m1/s1. The topological polar surface area (TPSA) is 24.9 Å². The van der Waals surface area contributed by atoms with Crippen LogP contribution in [0.25, 0.3) is 6.08 Å². The van der Waals surface area contributed by atoms with E-state index >= 15 is 0 Å². The molecule has 2 atom stereocenters. The van der Waals surface area contributed by atoms with Gasteiger partial charge in [-0.05, 0) is 39.7 Å². The van der Waals surface area contributed by atoms with Crippen molar-refractivity contribution < 1.29 is 0 Å². The van der Waals surface area contributed by atoms with Crippen LogP contribution < -0.4 is 5.32 Å². The second kappa shape index (κ2) is 6.55. The third-order valence-corrected chi connectivity index (χ3v) is 3.94. The number of halogens is 1. The number of hydrogen-bond acceptors (Lipinski definition) is 2. The molecule has 0 spiro atoms. The van der Waals surface area contributed by atoms with E-state index in [0.29, 0.717) is 6.04 Å². The summed E-state index contributed by atoms with van der Waals surface area (Å²) in [5.41, 5.74) is 4.46. The Morgan fingerprint density at radius 1 is 1.40 bits per heavy atom. The third kappa shape index (κ3) is 3.50. The smallest absolute Gasteiger partial charge is 0.0660 e. The summed E-state index contributed by atoms with van der Waals surface area (Å²) in [7, 11) is 0.